The van der Waals surface area contributed by atoms with Gasteiger partial charge in [-0.3, -0.25) is 4.72 Å². The molecule has 6 nitrogen and oxygen atoms in total. The van der Waals surface area contributed by atoms with E-state index >= 15 is 0 Å². The fraction of sp³-hybridized carbons (Fsp3) is 0.500. The number of unbranched alkanes of at least 4 members (excludes halogenated alkanes) is 1. The first kappa shape index (κ1) is 15.6. The Labute approximate surface area is 113 Å². The molecule has 1 rings (SSSR count). The summed E-state index contributed by atoms with van der Waals surface area (Å²) in [7, 11) is -0.334. The fourth-order valence-electron chi connectivity index (χ4n) is 1.57. The predicted molar refractivity (Wildman–Crippen MR) is 75.2 cm³/mol. The van der Waals surface area contributed by atoms with Crippen molar-refractivity contribution in [2.24, 2.45) is 5.73 Å². The number of sulfonamides is 1. The monoisotopic (exact) mass is 288 g/mol. The van der Waals surface area contributed by atoms with Gasteiger partial charge in [0.05, 0.1) is 25.7 Å². The Morgan fingerprint density at radius 2 is 1.84 bits per heavy atom. The molecule has 0 aliphatic heterocycles. The third kappa shape index (κ3) is 4.96. The van der Waals surface area contributed by atoms with Crippen LogP contribution in [0.5, 0.6) is 11.5 Å². The Bertz CT molecular complexity index is 502. The average molecular weight is 288 g/mol. The minimum Gasteiger partial charge on any atom is -0.493 e. The van der Waals surface area contributed by atoms with E-state index in [2.05, 4.69) is 4.72 Å². The van der Waals surface area contributed by atoms with Crippen LogP contribution in [0.2, 0.25) is 0 Å². The van der Waals surface area contributed by atoms with E-state index in [9.17, 15) is 8.42 Å². The van der Waals surface area contributed by atoms with Crippen molar-refractivity contribution in [3.8, 4) is 11.5 Å². The van der Waals surface area contributed by atoms with Crippen molar-refractivity contribution in [1.29, 1.82) is 0 Å². The van der Waals surface area contributed by atoms with Gasteiger partial charge < -0.3 is 15.2 Å². The fourth-order valence-corrected chi connectivity index (χ4v) is 2.74. The molecule has 0 unspecified atom stereocenters. The van der Waals surface area contributed by atoms with Crippen LogP contribution in [0.4, 0.5) is 5.69 Å². The van der Waals surface area contributed by atoms with Gasteiger partial charge in [0.2, 0.25) is 10.0 Å². The number of nitrogens with one attached hydrogen (secondary N) is 1. The van der Waals surface area contributed by atoms with Crippen molar-refractivity contribution < 1.29 is 17.9 Å². The van der Waals surface area contributed by atoms with E-state index in [1.807, 2.05) is 0 Å². The molecule has 0 radical (unpaired) electrons. The molecule has 0 aliphatic rings. The highest BCUT2D eigenvalue weighted by molar-refractivity contribution is 7.92. The molecule has 0 bridgehead atoms. The lowest BCUT2D eigenvalue weighted by Gasteiger charge is -2.11. The van der Waals surface area contributed by atoms with Gasteiger partial charge >= 0.3 is 0 Å². The maximum atomic E-state index is 11.8. The van der Waals surface area contributed by atoms with Crippen LogP contribution in [0.25, 0.3) is 0 Å². The number of rotatable bonds is 8. The van der Waals surface area contributed by atoms with Crippen LogP contribution in [0.1, 0.15) is 12.8 Å². The highest BCUT2D eigenvalue weighted by Crippen LogP contribution is 2.30. The van der Waals surface area contributed by atoms with Crippen LogP contribution < -0.4 is 19.9 Å². The summed E-state index contributed by atoms with van der Waals surface area (Å²) in [6, 6.07) is 4.86. The molecule has 0 saturated carbocycles. The molecule has 0 heterocycles. The van der Waals surface area contributed by atoms with Gasteiger partial charge in [0.1, 0.15) is 0 Å². The van der Waals surface area contributed by atoms with E-state index in [-0.39, 0.29) is 5.75 Å². The van der Waals surface area contributed by atoms with Crippen molar-refractivity contribution >= 4 is 15.7 Å². The Morgan fingerprint density at radius 3 is 2.42 bits per heavy atom. The minimum absolute atomic E-state index is 0.0541. The van der Waals surface area contributed by atoms with Crippen molar-refractivity contribution in [3.05, 3.63) is 18.2 Å². The van der Waals surface area contributed by atoms with E-state index in [4.69, 9.17) is 15.2 Å². The molecule has 0 amide bonds. The highest BCUT2D eigenvalue weighted by atomic mass is 32.2. The van der Waals surface area contributed by atoms with Gasteiger partial charge in [-0.25, -0.2) is 8.42 Å². The molecule has 7 heteroatoms. The minimum atomic E-state index is -3.35. The Balaban J connectivity index is 2.76. The molecule has 1 aromatic carbocycles. The van der Waals surface area contributed by atoms with Crippen LogP contribution in [0.3, 0.4) is 0 Å². The maximum Gasteiger partial charge on any atom is 0.232 e. The number of ether oxygens (including phenoxy) is 2. The lowest BCUT2D eigenvalue weighted by Crippen LogP contribution is -2.17. The Hall–Kier alpha value is -1.47. The number of anilines is 1. The molecular formula is C12H20N2O4S. The second-order valence-electron chi connectivity index (χ2n) is 3.99. The molecule has 0 atom stereocenters. The summed E-state index contributed by atoms with van der Waals surface area (Å²) in [6.07, 6.45) is 1.23. The van der Waals surface area contributed by atoms with Gasteiger partial charge in [-0.1, -0.05) is 0 Å². The Kier molecular flexibility index (Phi) is 5.91. The predicted octanol–water partition coefficient (Wildman–Crippen LogP) is 1.18. The maximum absolute atomic E-state index is 11.8. The van der Waals surface area contributed by atoms with Crippen LogP contribution in [0, 0.1) is 0 Å². The van der Waals surface area contributed by atoms with Gasteiger partial charge in [0, 0.05) is 6.07 Å². The second kappa shape index (κ2) is 7.20. The first-order chi connectivity index (χ1) is 9.02. The third-order valence-corrected chi connectivity index (χ3v) is 3.90. The highest BCUT2D eigenvalue weighted by Gasteiger charge is 2.12. The molecular weight excluding hydrogens is 268 g/mol. The summed E-state index contributed by atoms with van der Waals surface area (Å²) in [4.78, 5) is 0. The molecule has 1 aromatic rings. The molecule has 108 valence electrons. The lowest BCUT2D eigenvalue weighted by molar-refractivity contribution is 0.355. The number of benzene rings is 1. The van der Waals surface area contributed by atoms with Crippen LogP contribution in [0.15, 0.2) is 18.2 Å². The van der Waals surface area contributed by atoms with E-state index in [0.29, 0.717) is 36.6 Å². The van der Waals surface area contributed by atoms with Crippen molar-refractivity contribution in [1.82, 2.24) is 0 Å². The van der Waals surface area contributed by atoms with Crippen LogP contribution in [-0.4, -0.2) is 34.9 Å². The van der Waals surface area contributed by atoms with E-state index in [0.717, 1.165) is 0 Å². The molecule has 0 saturated heterocycles. The van der Waals surface area contributed by atoms with Gasteiger partial charge in [0.15, 0.2) is 11.5 Å². The first-order valence-corrected chi connectivity index (χ1v) is 7.60. The summed E-state index contributed by atoms with van der Waals surface area (Å²) in [5, 5.41) is 0. The zero-order valence-corrected chi connectivity index (χ0v) is 12.0. The first-order valence-electron chi connectivity index (χ1n) is 5.95. The smallest absolute Gasteiger partial charge is 0.232 e. The van der Waals surface area contributed by atoms with Crippen molar-refractivity contribution in [2.45, 2.75) is 12.8 Å². The van der Waals surface area contributed by atoms with Crippen molar-refractivity contribution in [2.75, 3.05) is 31.2 Å². The molecule has 19 heavy (non-hydrogen) atoms. The Morgan fingerprint density at radius 1 is 1.16 bits per heavy atom. The van der Waals surface area contributed by atoms with E-state index in [1.54, 1.807) is 18.2 Å². The molecule has 0 aromatic heterocycles. The summed E-state index contributed by atoms with van der Waals surface area (Å²) in [6.45, 7) is 0.492. The van der Waals surface area contributed by atoms with Crippen LogP contribution in [-0.2, 0) is 10.0 Å². The SMILES string of the molecule is COc1ccc(NS(=O)(=O)CCCCN)cc1OC. The van der Waals surface area contributed by atoms with Gasteiger partial charge in [-0.05, 0) is 31.5 Å². The lowest BCUT2D eigenvalue weighted by atomic mass is 10.3. The van der Waals surface area contributed by atoms with Crippen LogP contribution >= 0.6 is 0 Å². The van der Waals surface area contributed by atoms with Gasteiger partial charge in [-0.15, -0.1) is 0 Å². The number of hydrogen-bond acceptors (Lipinski definition) is 5. The standard InChI is InChI=1S/C12H20N2O4S/c1-17-11-6-5-10(9-12(11)18-2)14-19(15,16)8-4-3-7-13/h5-6,9,14H,3-4,7-8,13H2,1-2H3. The molecule has 0 fully saturated rings. The second-order valence-corrected chi connectivity index (χ2v) is 5.83. The number of methoxy groups -OCH3 is 2. The zero-order valence-electron chi connectivity index (χ0n) is 11.2. The summed E-state index contributed by atoms with van der Waals surface area (Å²) in [5.74, 6) is 1.08. The average Bonchev–Trinajstić information content (AvgIpc) is 2.38. The summed E-state index contributed by atoms with van der Waals surface area (Å²) >= 11 is 0. The van der Waals surface area contributed by atoms with E-state index in [1.165, 1.54) is 14.2 Å². The molecule has 3 N–H and O–H groups in total. The number of nitrogens with two attached hydrogens (primary N) is 1. The van der Waals surface area contributed by atoms with Gasteiger partial charge in [-0.2, -0.15) is 0 Å². The quantitative estimate of drug-likeness (QED) is 0.701. The number of hydrogen-bond donors (Lipinski definition) is 2. The normalized spacial score (nSPS) is 11.1. The van der Waals surface area contributed by atoms with E-state index < -0.39 is 10.0 Å². The molecule has 0 spiro atoms. The zero-order chi connectivity index (χ0) is 14.3. The largest absolute Gasteiger partial charge is 0.493 e. The van der Waals surface area contributed by atoms with Gasteiger partial charge in [0.25, 0.3) is 0 Å². The summed E-state index contributed by atoms with van der Waals surface area (Å²) in [5.41, 5.74) is 5.78. The van der Waals surface area contributed by atoms with Crippen molar-refractivity contribution in [3.63, 3.8) is 0 Å². The third-order valence-electron chi connectivity index (χ3n) is 2.52. The summed E-state index contributed by atoms with van der Waals surface area (Å²) < 4.78 is 36.3. The topological polar surface area (TPSA) is 90.7 Å². The molecule has 0 aliphatic carbocycles.